The molecule has 1 amide bonds. The van der Waals surface area contributed by atoms with E-state index in [-0.39, 0.29) is 17.3 Å². The highest BCUT2D eigenvalue weighted by atomic mass is 32.2. The first kappa shape index (κ1) is 24.2. The van der Waals surface area contributed by atoms with E-state index in [9.17, 15) is 19.5 Å². The van der Waals surface area contributed by atoms with Crippen LogP contribution in [0.25, 0.3) is 6.08 Å². The number of carboxylic acids is 1. The van der Waals surface area contributed by atoms with Gasteiger partial charge in [0.05, 0.1) is 6.61 Å². The Morgan fingerprint density at radius 2 is 1.77 bits per heavy atom. The van der Waals surface area contributed by atoms with Crippen LogP contribution in [0, 0.1) is 0 Å². The van der Waals surface area contributed by atoms with Crippen molar-refractivity contribution >= 4 is 34.8 Å². The molecular weight excluding hydrogens is 414 g/mol. The van der Waals surface area contributed by atoms with E-state index in [0.29, 0.717) is 18.6 Å². The molecule has 0 fully saturated rings. The number of thioether (sulfide) groups is 1. The van der Waals surface area contributed by atoms with Crippen LogP contribution in [0.2, 0.25) is 0 Å². The van der Waals surface area contributed by atoms with Gasteiger partial charge in [-0.1, -0.05) is 54.2 Å². The molecule has 6 nitrogen and oxygen atoms in total. The number of aliphatic carboxylic acids is 1. The van der Waals surface area contributed by atoms with Crippen molar-refractivity contribution in [3.8, 4) is 5.75 Å². The molecule has 0 unspecified atom stereocenters. The number of hydrogen-bond donors (Lipinski definition) is 2. The summed E-state index contributed by atoms with van der Waals surface area (Å²) in [7, 11) is 0. The minimum Gasteiger partial charge on any atom is -0.494 e. The Morgan fingerprint density at radius 1 is 1.10 bits per heavy atom. The average Bonchev–Trinajstić information content (AvgIpc) is 2.75. The average molecular weight is 442 g/mol. The summed E-state index contributed by atoms with van der Waals surface area (Å²) in [5, 5.41) is 12.0. The third-order valence-electron chi connectivity index (χ3n) is 4.42. The standard InChI is InChI=1S/C24H27NO5S/c1-3-30-21-12-9-19(10-13-21)15-20(16-31-17(2)26)23(27)25-22(24(28)29)14-11-18-7-5-4-6-8-18/h4-10,12-13,15,22H,3,11,14,16H2,1-2H3,(H,25,27)(H,28,29)/b20-15-/t22-/m0/s1. The zero-order chi connectivity index (χ0) is 22.6. The Hall–Kier alpha value is -3.06. The maximum atomic E-state index is 12.9. The highest BCUT2D eigenvalue weighted by molar-refractivity contribution is 8.13. The molecule has 164 valence electrons. The molecule has 0 aliphatic rings. The lowest BCUT2D eigenvalue weighted by molar-refractivity contribution is -0.141. The van der Waals surface area contributed by atoms with E-state index in [1.807, 2.05) is 37.3 Å². The minimum atomic E-state index is -1.09. The summed E-state index contributed by atoms with van der Waals surface area (Å²) in [6.07, 6.45) is 2.45. The molecule has 0 saturated heterocycles. The summed E-state index contributed by atoms with van der Waals surface area (Å²) in [6.45, 7) is 3.88. The van der Waals surface area contributed by atoms with Crippen molar-refractivity contribution in [3.05, 3.63) is 71.3 Å². The Kier molecular flexibility index (Phi) is 9.84. The summed E-state index contributed by atoms with van der Waals surface area (Å²) in [5.74, 6) is -0.720. The van der Waals surface area contributed by atoms with Crippen molar-refractivity contribution in [3.63, 3.8) is 0 Å². The predicted octanol–water partition coefficient (Wildman–Crippen LogP) is 3.95. The molecule has 0 aliphatic carbocycles. The monoisotopic (exact) mass is 441 g/mol. The number of carboxylic acid groups (broad SMARTS) is 1. The second kappa shape index (κ2) is 12.6. The smallest absolute Gasteiger partial charge is 0.326 e. The second-order valence-electron chi connectivity index (χ2n) is 6.84. The van der Waals surface area contributed by atoms with E-state index in [4.69, 9.17) is 4.74 Å². The number of nitrogens with one attached hydrogen (secondary N) is 1. The number of carbonyl (C=O) groups excluding carboxylic acids is 2. The quantitative estimate of drug-likeness (QED) is 0.513. The fraction of sp³-hybridized carbons (Fsp3) is 0.292. The summed E-state index contributed by atoms with van der Waals surface area (Å²) in [6, 6.07) is 15.7. The molecule has 0 aliphatic heterocycles. The first-order valence-corrected chi connectivity index (χ1v) is 11.0. The van der Waals surface area contributed by atoms with Gasteiger partial charge in [0, 0.05) is 18.2 Å². The fourth-order valence-corrected chi connectivity index (χ4v) is 3.42. The van der Waals surface area contributed by atoms with Gasteiger partial charge in [-0.3, -0.25) is 9.59 Å². The number of amides is 1. The second-order valence-corrected chi connectivity index (χ2v) is 7.99. The largest absolute Gasteiger partial charge is 0.494 e. The van der Waals surface area contributed by atoms with E-state index >= 15 is 0 Å². The van der Waals surface area contributed by atoms with Crippen molar-refractivity contribution in [1.29, 1.82) is 0 Å². The summed E-state index contributed by atoms with van der Waals surface area (Å²) < 4.78 is 5.42. The molecule has 0 bridgehead atoms. The lowest BCUT2D eigenvalue weighted by Gasteiger charge is -2.16. The molecule has 2 aromatic rings. The van der Waals surface area contributed by atoms with Crippen LogP contribution in [0.1, 0.15) is 31.4 Å². The van der Waals surface area contributed by atoms with Crippen LogP contribution in [0.15, 0.2) is 60.2 Å². The van der Waals surface area contributed by atoms with Crippen LogP contribution in [-0.2, 0) is 20.8 Å². The summed E-state index contributed by atoms with van der Waals surface area (Å²) >= 11 is 1.00. The van der Waals surface area contributed by atoms with Gasteiger partial charge < -0.3 is 15.2 Å². The van der Waals surface area contributed by atoms with E-state index in [2.05, 4.69) is 5.32 Å². The van der Waals surface area contributed by atoms with Crippen molar-refractivity contribution < 1.29 is 24.2 Å². The molecule has 0 spiro atoms. The SMILES string of the molecule is CCOc1ccc(/C=C(/CSC(C)=O)C(=O)N[C@@H](CCc2ccccc2)C(=O)O)cc1. The van der Waals surface area contributed by atoms with Gasteiger partial charge in [-0.05, 0) is 49.1 Å². The molecular formula is C24H27NO5S. The van der Waals surface area contributed by atoms with Gasteiger partial charge in [-0.15, -0.1) is 0 Å². The fourth-order valence-electron chi connectivity index (χ4n) is 2.84. The summed E-state index contributed by atoms with van der Waals surface area (Å²) in [5.41, 5.74) is 2.09. The molecule has 2 rings (SSSR count). The number of aryl methyl sites for hydroxylation is 1. The third kappa shape index (κ3) is 8.68. The lowest BCUT2D eigenvalue weighted by atomic mass is 10.0. The van der Waals surface area contributed by atoms with Crippen molar-refractivity contribution in [2.24, 2.45) is 0 Å². The Balaban J connectivity index is 2.13. The van der Waals surface area contributed by atoms with Gasteiger partial charge in [0.15, 0.2) is 5.12 Å². The molecule has 0 aromatic heterocycles. The normalized spacial score (nSPS) is 12.1. The van der Waals surface area contributed by atoms with Crippen LogP contribution in [0.3, 0.4) is 0 Å². The molecule has 31 heavy (non-hydrogen) atoms. The Labute approximate surface area is 186 Å². The minimum absolute atomic E-state index is 0.121. The molecule has 2 aromatic carbocycles. The van der Waals surface area contributed by atoms with Crippen LogP contribution in [0.4, 0.5) is 0 Å². The number of benzene rings is 2. The van der Waals surface area contributed by atoms with Crippen molar-refractivity contribution in [2.75, 3.05) is 12.4 Å². The Morgan fingerprint density at radius 3 is 2.35 bits per heavy atom. The number of ether oxygens (including phenoxy) is 1. The highest BCUT2D eigenvalue weighted by Crippen LogP contribution is 2.18. The zero-order valence-electron chi connectivity index (χ0n) is 17.7. The highest BCUT2D eigenvalue weighted by Gasteiger charge is 2.22. The van der Waals surface area contributed by atoms with Crippen molar-refractivity contribution in [2.45, 2.75) is 32.7 Å². The van der Waals surface area contributed by atoms with Gasteiger partial charge >= 0.3 is 5.97 Å². The third-order valence-corrected chi connectivity index (χ3v) is 5.28. The summed E-state index contributed by atoms with van der Waals surface area (Å²) in [4.78, 5) is 36.0. The molecule has 0 heterocycles. The van der Waals surface area contributed by atoms with Crippen molar-refractivity contribution in [1.82, 2.24) is 5.32 Å². The molecule has 0 saturated carbocycles. The number of rotatable bonds is 11. The Bertz CT molecular complexity index is 909. The van der Waals surface area contributed by atoms with Gasteiger partial charge in [0.25, 0.3) is 0 Å². The van der Waals surface area contributed by atoms with Crippen LogP contribution >= 0.6 is 11.8 Å². The maximum Gasteiger partial charge on any atom is 0.326 e. The van der Waals surface area contributed by atoms with Crippen LogP contribution < -0.4 is 10.1 Å². The predicted molar refractivity (Wildman–Crippen MR) is 123 cm³/mol. The molecule has 1 atom stereocenters. The number of carbonyl (C=O) groups is 3. The van der Waals surface area contributed by atoms with Crippen LogP contribution in [-0.4, -0.2) is 40.5 Å². The molecule has 7 heteroatoms. The zero-order valence-corrected chi connectivity index (χ0v) is 18.5. The van der Waals surface area contributed by atoms with E-state index in [1.165, 1.54) is 6.92 Å². The first-order chi connectivity index (χ1) is 14.9. The number of hydrogen-bond acceptors (Lipinski definition) is 5. The first-order valence-electron chi connectivity index (χ1n) is 10.0. The van der Waals surface area contributed by atoms with Gasteiger partial charge in [-0.2, -0.15) is 0 Å². The van der Waals surface area contributed by atoms with Gasteiger partial charge in [-0.25, -0.2) is 4.79 Å². The molecule has 0 radical (unpaired) electrons. The van der Waals surface area contributed by atoms with E-state index < -0.39 is 17.9 Å². The van der Waals surface area contributed by atoms with Crippen LogP contribution in [0.5, 0.6) is 5.75 Å². The maximum absolute atomic E-state index is 12.9. The van der Waals surface area contributed by atoms with E-state index in [0.717, 1.165) is 28.6 Å². The van der Waals surface area contributed by atoms with E-state index in [1.54, 1.807) is 30.3 Å². The molecule has 2 N–H and O–H groups in total. The lowest BCUT2D eigenvalue weighted by Crippen LogP contribution is -2.42. The van der Waals surface area contributed by atoms with Gasteiger partial charge in [0.1, 0.15) is 11.8 Å². The van der Waals surface area contributed by atoms with Gasteiger partial charge in [0.2, 0.25) is 5.91 Å². The topological polar surface area (TPSA) is 92.7 Å².